The summed E-state index contributed by atoms with van der Waals surface area (Å²) in [5.41, 5.74) is 5.51. The number of hydrogen-bond acceptors (Lipinski definition) is 4. The van der Waals surface area contributed by atoms with Gasteiger partial charge in [0.15, 0.2) is 0 Å². The van der Waals surface area contributed by atoms with Crippen LogP contribution >= 0.6 is 0 Å². The summed E-state index contributed by atoms with van der Waals surface area (Å²) < 4.78 is 4.74. The normalized spacial score (nSPS) is 27.1. The fourth-order valence-electron chi connectivity index (χ4n) is 1.02. The molecule has 0 radical (unpaired) electrons. The molecule has 0 saturated carbocycles. The van der Waals surface area contributed by atoms with Gasteiger partial charge in [-0.05, 0) is 0 Å². The Hall–Kier alpha value is -0.581. The third kappa shape index (κ3) is 2.99. The van der Waals surface area contributed by atoms with E-state index in [2.05, 4.69) is 5.32 Å². The molecule has 5 nitrogen and oxygen atoms in total. The van der Waals surface area contributed by atoms with Gasteiger partial charge in [0, 0.05) is 0 Å². The van der Waals surface area contributed by atoms with E-state index in [4.69, 9.17) is 10.5 Å². The number of esters is 1. The molecule has 6 heteroatoms. The van der Waals surface area contributed by atoms with E-state index in [-0.39, 0.29) is 43.1 Å². The number of ether oxygens (including phenoxy) is 1. The first-order valence-electron chi connectivity index (χ1n) is 4.00. The Bertz CT molecular complexity index is 222. The van der Waals surface area contributed by atoms with Gasteiger partial charge in [-0.2, -0.15) is 0 Å². The Balaban J connectivity index is 2.37. The first kappa shape index (κ1) is 10.5. The number of carbonyl (C=O) groups excluding carboxylic acids is 2. The minimum atomic E-state index is -0.321. The van der Waals surface area contributed by atoms with Gasteiger partial charge >= 0.3 is 82.0 Å². The molecule has 0 aliphatic carbocycles. The van der Waals surface area contributed by atoms with E-state index >= 15 is 0 Å². The summed E-state index contributed by atoms with van der Waals surface area (Å²) in [4.78, 5) is 21.9. The summed E-state index contributed by atoms with van der Waals surface area (Å²) in [7, 11) is 0. The van der Waals surface area contributed by atoms with Crippen molar-refractivity contribution in [1.29, 1.82) is 0 Å². The number of amides is 1. The van der Waals surface area contributed by atoms with Crippen LogP contribution in [0, 0.1) is 0 Å². The Morgan fingerprint density at radius 1 is 1.77 bits per heavy atom. The first-order valence-corrected chi connectivity index (χ1v) is 5.98. The molecule has 1 heterocycles. The Kier molecular flexibility index (Phi) is 3.71. The molecule has 0 bridgehead atoms. The molecule has 1 aliphatic rings. The summed E-state index contributed by atoms with van der Waals surface area (Å²) >= 11 is -0.0379. The zero-order valence-corrected chi connectivity index (χ0v) is 8.99. The predicted octanol–water partition coefficient (Wildman–Crippen LogP) is -1.20. The van der Waals surface area contributed by atoms with Gasteiger partial charge in [0.25, 0.3) is 0 Å². The fraction of sp³-hybridized carbons (Fsp3) is 0.714. The van der Waals surface area contributed by atoms with Crippen molar-refractivity contribution in [2.24, 2.45) is 5.73 Å². The van der Waals surface area contributed by atoms with Gasteiger partial charge in [-0.1, -0.05) is 0 Å². The van der Waals surface area contributed by atoms with Crippen LogP contribution in [0.2, 0.25) is 4.82 Å². The van der Waals surface area contributed by atoms with E-state index in [9.17, 15) is 9.59 Å². The Labute approximate surface area is 82.5 Å². The number of nitrogens with one attached hydrogen (secondary N) is 1. The maximum absolute atomic E-state index is 11.1. The second-order valence-corrected chi connectivity index (χ2v) is 5.39. The van der Waals surface area contributed by atoms with Crippen LogP contribution in [0.3, 0.4) is 0 Å². The molecule has 3 N–H and O–H groups in total. The third-order valence-electron chi connectivity index (χ3n) is 1.55. The second kappa shape index (κ2) is 4.60. The molecule has 1 rings (SSSR count). The average Bonchev–Trinajstić information content (AvgIpc) is 2.30. The molecule has 2 unspecified atom stereocenters. The predicted molar refractivity (Wildman–Crippen MR) is 46.9 cm³/mol. The molecule has 1 amide bonds. The Morgan fingerprint density at radius 3 is 2.92 bits per heavy atom. The summed E-state index contributed by atoms with van der Waals surface area (Å²) in [5.74, 6) is -0.445. The molecule has 0 aromatic heterocycles. The van der Waals surface area contributed by atoms with Crippen LogP contribution in [-0.4, -0.2) is 38.5 Å². The van der Waals surface area contributed by atoms with E-state index in [1.807, 2.05) is 0 Å². The van der Waals surface area contributed by atoms with Gasteiger partial charge in [-0.15, -0.1) is 0 Å². The van der Waals surface area contributed by atoms with Crippen LogP contribution in [0.4, 0.5) is 0 Å². The van der Waals surface area contributed by atoms with E-state index in [1.54, 1.807) is 6.92 Å². The van der Waals surface area contributed by atoms with Gasteiger partial charge < -0.3 is 0 Å². The molecular formula is C7H12N2O3Se. The summed E-state index contributed by atoms with van der Waals surface area (Å²) in [6, 6.07) is 0. The van der Waals surface area contributed by atoms with Crippen LogP contribution in [0.1, 0.15) is 13.3 Å². The van der Waals surface area contributed by atoms with Gasteiger partial charge in [-0.3, -0.25) is 0 Å². The van der Waals surface area contributed by atoms with E-state index < -0.39 is 0 Å². The van der Waals surface area contributed by atoms with Crippen LogP contribution in [-0.2, 0) is 14.3 Å². The quantitative estimate of drug-likeness (QED) is 0.488. The van der Waals surface area contributed by atoms with Crippen LogP contribution in [0.25, 0.3) is 0 Å². The molecule has 1 aliphatic heterocycles. The van der Waals surface area contributed by atoms with Crippen LogP contribution in [0.5, 0.6) is 0 Å². The zero-order chi connectivity index (χ0) is 9.84. The first-order chi connectivity index (χ1) is 6.13. The molecule has 13 heavy (non-hydrogen) atoms. The fourth-order valence-corrected chi connectivity index (χ4v) is 3.04. The molecular weight excluding hydrogens is 239 g/mol. The molecule has 1 fully saturated rings. The average molecular weight is 251 g/mol. The van der Waals surface area contributed by atoms with Crippen molar-refractivity contribution >= 4 is 26.8 Å². The molecule has 2 atom stereocenters. The third-order valence-corrected chi connectivity index (χ3v) is 3.90. The zero-order valence-electron chi connectivity index (χ0n) is 7.28. The van der Waals surface area contributed by atoms with Gasteiger partial charge in [0.2, 0.25) is 0 Å². The van der Waals surface area contributed by atoms with Crippen molar-refractivity contribution in [3.8, 4) is 0 Å². The molecule has 74 valence electrons. The summed E-state index contributed by atoms with van der Waals surface area (Å²) in [6.07, 6.45) is 0.160. The van der Waals surface area contributed by atoms with E-state index in [1.165, 1.54) is 0 Å². The number of hydrogen-bond donors (Lipinski definition) is 2. The molecule has 1 saturated heterocycles. The van der Waals surface area contributed by atoms with Crippen molar-refractivity contribution in [3.63, 3.8) is 0 Å². The number of nitrogens with two attached hydrogens (primary N) is 1. The van der Waals surface area contributed by atoms with Crippen molar-refractivity contribution in [2.45, 2.75) is 23.2 Å². The monoisotopic (exact) mass is 252 g/mol. The van der Waals surface area contributed by atoms with Gasteiger partial charge in [-0.25, -0.2) is 0 Å². The van der Waals surface area contributed by atoms with Crippen LogP contribution < -0.4 is 11.1 Å². The minimum absolute atomic E-state index is 0.0379. The summed E-state index contributed by atoms with van der Waals surface area (Å²) in [5, 5.41) is 2.32. The van der Waals surface area contributed by atoms with Gasteiger partial charge in [0.05, 0.1) is 0 Å². The summed E-state index contributed by atoms with van der Waals surface area (Å²) in [6.45, 7) is 2.09. The van der Waals surface area contributed by atoms with Gasteiger partial charge in [0.1, 0.15) is 0 Å². The number of carbonyl (C=O) groups is 2. The van der Waals surface area contributed by atoms with Crippen molar-refractivity contribution in [3.05, 3.63) is 0 Å². The van der Waals surface area contributed by atoms with Crippen LogP contribution in [0.15, 0.2) is 0 Å². The second-order valence-electron chi connectivity index (χ2n) is 2.56. The van der Waals surface area contributed by atoms with E-state index in [0.29, 0.717) is 6.61 Å². The SMILES string of the molecule is CCOC(=O)CC1[Se]C(N)NC1=O. The number of rotatable bonds is 3. The molecule has 0 aromatic rings. The Morgan fingerprint density at radius 2 is 2.46 bits per heavy atom. The van der Waals surface area contributed by atoms with Crippen molar-refractivity contribution in [1.82, 2.24) is 5.32 Å². The van der Waals surface area contributed by atoms with Crippen molar-refractivity contribution in [2.75, 3.05) is 6.61 Å². The molecule has 0 spiro atoms. The van der Waals surface area contributed by atoms with E-state index in [0.717, 1.165) is 0 Å². The topological polar surface area (TPSA) is 81.4 Å². The molecule has 0 aromatic carbocycles. The standard InChI is InChI=1S/C7H12N2O3Se/c1-2-12-5(10)3-4-6(11)9-7(8)13-4/h4,7H,2-3,8H2,1H3,(H,9,11). The van der Waals surface area contributed by atoms with Crippen molar-refractivity contribution < 1.29 is 14.3 Å². The maximum atomic E-state index is 11.1.